The number of amides is 1. The fraction of sp³-hybridized carbons (Fsp3) is 0.412. The Labute approximate surface area is 133 Å². The Morgan fingerprint density at radius 1 is 1.35 bits per heavy atom. The van der Waals surface area contributed by atoms with Gasteiger partial charge in [-0.1, -0.05) is 6.07 Å². The number of fused-ring (bicyclic) bond motifs is 1. The minimum absolute atomic E-state index is 0.103. The largest absolute Gasteiger partial charge is 0.481 e. The molecule has 0 bridgehead atoms. The van der Waals surface area contributed by atoms with Crippen LogP contribution in [-0.4, -0.2) is 40.7 Å². The zero-order chi connectivity index (χ0) is 16.3. The fourth-order valence-corrected chi connectivity index (χ4v) is 3.05. The minimum Gasteiger partial charge on any atom is -0.481 e. The van der Waals surface area contributed by atoms with Crippen LogP contribution in [0.2, 0.25) is 0 Å². The third kappa shape index (κ3) is 3.71. The van der Waals surface area contributed by atoms with Crippen LogP contribution in [0.3, 0.4) is 0 Å². The van der Waals surface area contributed by atoms with Crippen LogP contribution in [0.25, 0.3) is 10.9 Å². The van der Waals surface area contributed by atoms with E-state index in [4.69, 9.17) is 9.84 Å². The summed E-state index contributed by atoms with van der Waals surface area (Å²) in [6.07, 6.45) is 3.28. The number of hydrogen-bond donors (Lipinski definition) is 3. The highest BCUT2D eigenvalue weighted by atomic mass is 16.5. The Bertz CT molecular complexity index is 716. The summed E-state index contributed by atoms with van der Waals surface area (Å²) in [6.45, 7) is 0.748. The zero-order valence-corrected chi connectivity index (χ0v) is 12.8. The smallest absolute Gasteiger partial charge is 0.305 e. The van der Waals surface area contributed by atoms with Crippen LogP contribution in [0.15, 0.2) is 30.5 Å². The number of H-pyrrole nitrogens is 1. The number of carboxylic acids is 1. The van der Waals surface area contributed by atoms with Crippen LogP contribution < -0.4 is 5.32 Å². The summed E-state index contributed by atoms with van der Waals surface area (Å²) in [7, 11) is 0. The summed E-state index contributed by atoms with van der Waals surface area (Å²) in [6, 6.07) is 8.05. The summed E-state index contributed by atoms with van der Waals surface area (Å²) in [5, 5.41) is 13.0. The summed E-state index contributed by atoms with van der Waals surface area (Å²) < 4.78 is 5.28. The molecule has 122 valence electrons. The average molecular weight is 316 g/mol. The molecular weight excluding hydrogens is 296 g/mol. The lowest BCUT2D eigenvalue weighted by molar-refractivity contribution is -0.139. The number of hydrogen-bond acceptors (Lipinski definition) is 3. The van der Waals surface area contributed by atoms with Gasteiger partial charge >= 0.3 is 5.97 Å². The van der Waals surface area contributed by atoms with Crippen molar-refractivity contribution in [1.82, 2.24) is 10.3 Å². The molecule has 1 saturated heterocycles. The lowest BCUT2D eigenvalue weighted by atomic mass is 9.94. The minimum atomic E-state index is -0.922. The lowest BCUT2D eigenvalue weighted by Crippen LogP contribution is -2.50. The molecule has 1 fully saturated rings. The molecule has 23 heavy (non-hydrogen) atoms. The molecule has 0 saturated carbocycles. The predicted octanol–water partition coefficient (Wildman–Crippen LogP) is 1.85. The van der Waals surface area contributed by atoms with Gasteiger partial charge in [-0.25, -0.2) is 0 Å². The molecule has 1 atom stereocenters. The molecule has 1 unspecified atom stereocenters. The van der Waals surface area contributed by atoms with E-state index in [0.29, 0.717) is 25.9 Å². The van der Waals surface area contributed by atoms with Crippen LogP contribution in [-0.2, 0) is 20.7 Å². The van der Waals surface area contributed by atoms with Gasteiger partial charge < -0.3 is 20.1 Å². The predicted molar refractivity (Wildman–Crippen MR) is 85.2 cm³/mol. The fourth-order valence-electron chi connectivity index (χ4n) is 3.05. The molecule has 3 rings (SSSR count). The van der Waals surface area contributed by atoms with E-state index in [1.165, 1.54) is 0 Å². The first kappa shape index (κ1) is 15.6. The zero-order valence-electron chi connectivity index (χ0n) is 12.8. The average Bonchev–Trinajstić information content (AvgIpc) is 3.13. The van der Waals surface area contributed by atoms with Crippen molar-refractivity contribution in [2.45, 2.75) is 31.2 Å². The number of rotatable bonds is 6. The first-order chi connectivity index (χ1) is 11.1. The number of benzene rings is 1. The van der Waals surface area contributed by atoms with Crippen molar-refractivity contribution in [3.8, 4) is 0 Å². The molecule has 1 aromatic heterocycles. The van der Waals surface area contributed by atoms with Crippen molar-refractivity contribution in [2.75, 3.05) is 13.2 Å². The summed E-state index contributed by atoms with van der Waals surface area (Å²) in [5.74, 6) is -1.06. The highest BCUT2D eigenvalue weighted by molar-refractivity contribution is 5.81. The van der Waals surface area contributed by atoms with Gasteiger partial charge in [0.1, 0.15) is 0 Å². The van der Waals surface area contributed by atoms with Gasteiger partial charge in [-0.05, 0) is 42.0 Å². The summed E-state index contributed by atoms with van der Waals surface area (Å²) in [4.78, 5) is 26.4. The van der Waals surface area contributed by atoms with E-state index in [2.05, 4.69) is 16.4 Å². The molecule has 1 aliphatic rings. The Balaban J connectivity index is 1.58. The molecule has 2 aromatic rings. The van der Waals surface area contributed by atoms with Crippen molar-refractivity contribution in [3.05, 3.63) is 36.0 Å². The van der Waals surface area contributed by atoms with Gasteiger partial charge in [0.05, 0.1) is 18.6 Å². The second-order valence-corrected chi connectivity index (χ2v) is 6.10. The van der Waals surface area contributed by atoms with Crippen molar-refractivity contribution in [1.29, 1.82) is 0 Å². The van der Waals surface area contributed by atoms with Crippen LogP contribution in [0.5, 0.6) is 0 Å². The molecule has 0 spiro atoms. The van der Waals surface area contributed by atoms with E-state index in [-0.39, 0.29) is 18.9 Å². The van der Waals surface area contributed by atoms with Crippen molar-refractivity contribution in [2.24, 2.45) is 0 Å². The van der Waals surface area contributed by atoms with Crippen molar-refractivity contribution < 1.29 is 19.4 Å². The highest BCUT2D eigenvalue weighted by Gasteiger charge is 2.38. The first-order valence-corrected chi connectivity index (χ1v) is 7.73. The number of aryl methyl sites for hydroxylation is 1. The molecule has 0 radical (unpaired) electrons. The van der Waals surface area contributed by atoms with Gasteiger partial charge in [-0.2, -0.15) is 0 Å². The van der Waals surface area contributed by atoms with Crippen molar-refractivity contribution >= 4 is 22.8 Å². The van der Waals surface area contributed by atoms with E-state index < -0.39 is 11.5 Å². The molecule has 1 amide bonds. The third-order valence-electron chi connectivity index (χ3n) is 4.26. The van der Waals surface area contributed by atoms with E-state index in [1.54, 1.807) is 0 Å². The molecule has 6 nitrogen and oxygen atoms in total. The van der Waals surface area contributed by atoms with Crippen LogP contribution in [0.1, 0.15) is 24.8 Å². The maximum atomic E-state index is 12.2. The Kier molecular flexibility index (Phi) is 4.34. The molecule has 1 aliphatic heterocycles. The van der Waals surface area contributed by atoms with Crippen molar-refractivity contribution in [3.63, 3.8) is 0 Å². The molecule has 1 aromatic carbocycles. The highest BCUT2D eigenvalue weighted by Crippen LogP contribution is 2.23. The van der Waals surface area contributed by atoms with E-state index >= 15 is 0 Å². The molecular formula is C17H20N2O4. The number of aromatic amines is 1. The normalized spacial score (nSPS) is 20.7. The van der Waals surface area contributed by atoms with Crippen LogP contribution in [0.4, 0.5) is 0 Å². The number of nitrogens with one attached hydrogen (secondary N) is 2. The third-order valence-corrected chi connectivity index (χ3v) is 4.26. The Hall–Kier alpha value is -2.34. The first-order valence-electron chi connectivity index (χ1n) is 7.73. The van der Waals surface area contributed by atoms with E-state index in [9.17, 15) is 9.59 Å². The van der Waals surface area contributed by atoms with Gasteiger partial charge in [-0.3, -0.25) is 9.59 Å². The molecule has 3 N–H and O–H groups in total. The Morgan fingerprint density at radius 3 is 2.96 bits per heavy atom. The summed E-state index contributed by atoms with van der Waals surface area (Å²) in [5.41, 5.74) is 1.40. The number of aromatic nitrogens is 1. The number of carboxylic acid groups (broad SMARTS) is 1. The van der Waals surface area contributed by atoms with Gasteiger partial charge in [-0.15, -0.1) is 0 Å². The maximum Gasteiger partial charge on any atom is 0.305 e. The summed E-state index contributed by atoms with van der Waals surface area (Å²) >= 11 is 0. The van der Waals surface area contributed by atoms with Gasteiger partial charge in [0.15, 0.2) is 0 Å². The quantitative estimate of drug-likeness (QED) is 0.758. The van der Waals surface area contributed by atoms with Gasteiger partial charge in [0.25, 0.3) is 0 Å². The standard InChI is InChI=1S/C17H20N2O4/c20-15(19-17(10-16(21)22)6-8-23-11-17)4-2-12-1-3-14-13(9-12)5-7-18-14/h1,3,5,7,9,18H,2,4,6,8,10-11H2,(H,19,20)(H,21,22). The Morgan fingerprint density at radius 2 is 2.22 bits per heavy atom. The van der Waals surface area contributed by atoms with E-state index in [1.807, 2.05) is 24.4 Å². The lowest BCUT2D eigenvalue weighted by Gasteiger charge is -2.27. The number of aliphatic carboxylic acids is 1. The molecule has 6 heteroatoms. The van der Waals surface area contributed by atoms with Gasteiger partial charge in [0.2, 0.25) is 5.91 Å². The number of carbonyl (C=O) groups is 2. The van der Waals surface area contributed by atoms with Crippen LogP contribution >= 0.6 is 0 Å². The monoisotopic (exact) mass is 316 g/mol. The topological polar surface area (TPSA) is 91.4 Å². The second kappa shape index (κ2) is 6.42. The number of carbonyl (C=O) groups excluding carboxylic acids is 1. The molecule has 0 aliphatic carbocycles. The maximum absolute atomic E-state index is 12.2. The molecule has 2 heterocycles. The van der Waals surface area contributed by atoms with Gasteiger partial charge in [0, 0.05) is 24.7 Å². The second-order valence-electron chi connectivity index (χ2n) is 6.10. The SMILES string of the molecule is O=C(O)CC1(NC(=O)CCc2ccc3[nH]ccc3c2)CCOC1. The number of ether oxygens (including phenoxy) is 1. The van der Waals surface area contributed by atoms with E-state index in [0.717, 1.165) is 16.5 Å². The van der Waals surface area contributed by atoms with Crippen LogP contribution in [0, 0.1) is 0 Å².